The molecule has 5 rings (SSSR count). The number of nitrogens with one attached hydrogen (secondary N) is 2. The molecule has 4 aromatic rings. The molecule has 1 saturated heterocycles. The number of carbonyl (C=O) groups excluding carboxylic acids is 1. The molecule has 0 radical (unpaired) electrons. The number of imidazole rings is 1. The Morgan fingerprint density at radius 1 is 1.31 bits per heavy atom. The molecule has 12 nitrogen and oxygen atoms in total. The second-order valence-corrected chi connectivity index (χ2v) is 9.15. The van der Waals surface area contributed by atoms with Crippen LogP contribution in [0.2, 0.25) is 0 Å². The molecule has 1 aliphatic heterocycles. The number of aromatic amines is 1. The normalized spacial score (nSPS) is 20.8. The van der Waals surface area contributed by atoms with Gasteiger partial charge in [-0.3, -0.25) is 14.3 Å². The van der Waals surface area contributed by atoms with E-state index in [2.05, 4.69) is 20.0 Å². The Morgan fingerprint density at radius 2 is 2.14 bits per heavy atom. The first-order valence-electron chi connectivity index (χ1n) is 11.1. The zero-order valence-corrected chi connectivity index (χ0v) is 19.7. The van der Waals surface area contributed by atoms with E-state index in [1.807, 2.05) is 42.5 Å². The predicted molar refractivity (Wildman–Crippen MR) is 133 cm³/mol. The topological polar surface area (TPSA) is 167 Å². The first-order valence-corrected chi connectivity index (χ1v) is 12.2. The number of anilines is 1. The van der Waals surface area contributed by atoms with E-state index in [1.54, 1.807) is 10.6 Å². The summed E-state index contributed by atoms with van der Waals surface area (Å²) < 4.78 is 19.3. The fourth-order valence-electron chi connectivity index (χ4n) is 3.91. The minimum absolute atomic E-state index is 0.0396. The van der Waals surface area contributed by atoms with Gasteiger partial charge in [-0.1, -0.05) is 36.4 Å². The van der Waals surface area contributed by atoms with Gasteiger partial charge in [0.1, 0.15) is 24.4 Å². The van der Waals surface area contributed by atoms with Crippen LogP contribution in [-0.4, -0.2) is 49.7 Å². The van der Waals surface area contributed by atoms with E-state index < -0.39 is 32.5 Å². The third-order valence-electron chi connectivity index (χ3n) is 5.56. The van der Waals surface area contributed by atoms with Crippen molar-refractivity contribution in [3.05, 3.63) is 71.5 Å². The van der Waals surface area contributed by atoms with E-state index in [1.165, 1.54) is 12.6 Å². The Bertz CT molecular complexity index is 1470. The monoisotopic (exact) mass is 510 g/mol. The molecule has 4 unspecified atom stereocenters. The maximum atomic E-state index is 12.0. The highest BCUT2D eigenvalue weighted by atomic mass is 31.2. The van der Waals surface area contributed by atoms with Crippen LogP contribution in [0.5, 0.6) is 5.75 Å². The summed E-state index contributed by atoms with van der Waals surface area (Å²) in [5, 5.41) is 15.4. The van der Waals surface area contributed by atoms with Crippen LogP contribution in [0, 0.1) is 0 Å². The van der Waals surface area contributed by atoms with E-state index in [4.69, 9.17) is 19.5 Å². The molecule has 186 valence electrons. The van der Waals surface area contributed by atoms with Gasteiger partial charge in [0.25, 0.3) is 5.56 Å². The van der Waals surface area contributed by atoms with Gasteiger partial charge in [-0.2, -0.15) is 4.98 Å². The molecule has 0 bridgehead atoms. The fraction of sp³-hybridized carbons (Fsp3) is 0.217. The molecule has 4 atom stereocenters. The van der Waals surface area contributed by atoms with Gasteiger partial charge >= 0.3 is 8.53 Å². The summed E-state index contributed by atoms with van der Waals surface area (Å²) in [5.41, 5.74) is 5.59. The second kappa shape index (κ2) is 10.4. The number of aliphatic hydroxyl groups excluding tert-OH is 1. The minimum Gasteiger partial charge on any atom is -0.435 e. The lowest BCUT2D eigenvalue weighted by Gasteiger charge is -2.18. The van der Waals surface area contributed by atoms with Crippen LogP contribution in [0.15, 0.2) is 65.9 Å². The molecule has 5 N–H and O–H groups in total. The standard InChI is InChI=1S/C23H23N6O6P/c24-23-27-21-20(22(32)28-23)25-13-29(21)19-12-16(31)18(34-19)8-11-33-36(26-9-10-30)35-17-7-3-5-14-4-1-2-6-15(14)17/h1-8,10-11,13,16,18-19,26,31H,9,12H2,(H3,24,27,28,32). The Kier molecular flexibility index (Phi) is 6.92. The molecule has 2 aromatic carbocycles. The minimum atomic E-state index is -1.71. The lowest BCUT2D eigenvalue weighted by molar-refractivity contribution is -0.106. The van der Waals surface area contributed by atoms with E-state index in [9.17, 15) is 14.7 Å². The molecule has 0 saturated carbocycles. The van der Waals surface area contributed by atoms with Gasteiger partial charge in [0.2, 0.25) is 5.95 Å². The number of aldehydes is 1. The molecule has 0 aliphatic carbocycles. The lowest BCUT2D eigenvalue weighted by Crippen LogP contribution is -2.18. The molecule has 0 amide bonds. The lowest BCUT2D eigenvalue weighted by atomic mass is 10.1. The number of aromatic nitrogens is 4. The maximum Gasteiger partial charge on any atom is 0.381 e. The quantitative estimate of drug-likeness (QED) is 0.149. The predicted octanol–water partition coefficient (Wildman–Crippen LogP) is 2.13. The van der Waals surface area contributed by atoms with Crippen molar-refractivity contribution in [3.63, 3.8) is 0 Å². The Balaban J connectivity index is 1.28. The average Bonchev–Trinajstić information content (AvgIpc) is 3.46. The molecule has 0 spiro atoms. The first kappa shape index (κ1) is 23.9. The first-order chi connectivity index (χ1) is 17.5. The Labute approximate surface area is 205 Å². The van der Waals surface area contributed by atoms with Crippen LogP contribution in [0.1, 0.15) is 12.6 Å². The van der Waals surface area contributed by atoms with Gasteiger partial charge in [0.05, 0.1) is 25.2 Å². The zero-order valence-electron chi connectivity index (χ0n) is 18.9. The van der Waals surface area contributed by atoms with Gasteiger partial charge in [-0.15, -0.1) is 0 Å². The fourth-order valence-corrected chi connectivity index (χ4v) is 4.83. The summed E-state index contributed by atoms with van der Waals surface area (Å²) in [4.78, 5) is 33.5. The third-order valence-corrected chi connectivity index (χ3v) is 6.67. The largest absolute Gasteiger partial charge is 0.435 e. The van der Waals surface area contributed by atoms with Crippen LogP contribution in [-0.2, 0) is 14.1 Å². The number of aliphatic hydroxyl groups is 1. The second-order valence-electron chi connectivity index (χ2n) is 7.92. The number of nitrogen functional groups attached to an aromatic ring is 1. The third kappa shape index (κ3) is 4.93. The number of fused-ring (bicyclic) bond motifs is 2. The van der Waals surface area contributed by atoms with Crippen molar-refractivity contribution in [2.24, 2.45) is 0 Å². The van der Waals surface area contributed by atoms with Crippen molar-refractivity contribution >= 4 is 42.7 Å². The molecule has 13 heteroatoms. The number of carbonyl (C=O) groups is 1. The number of rotatable bonds is 9. The molecule has 1 fully saturated rings. The van der Waals surface area contributed by atoms with Gasteiger partial charge in [-0.05, 0) is 17.5 Å². The molecule has 2 aromatic heterocycles. The molecule has 1 aliphatic rings. The highest BCUT2D eigenvalue weighted by Gasteiger charge is 2.34. The van der Waals surface area contributed by atoms with Gasteiger partial charge in [0, 0.05) is 11.8 Å². The summed E-state index contributed by atoms with van der Waals surface area (Å²) in [6.45, 7) is 0.0396. The smallest absolute Gasteiger partial charge is 0.381 e. The van der Waals surface area contributed by atoms with Gasteiger partial charge in [-0.25, -0.2) is 10.1 Å². The number of benzene rings is 2. The van der Waals surface area contributed by atoms with Crippen molar-refractivity contribution < 1.29 is 23.7 Å². The molecule has 36 heavy (non-hydrogen) atoms. The van der Waals surface area contributed by atoms with E-state index >= 15 is 0 Å². The number of H-pyrrole nitrogens is 1. The Hall–Kier alpha value is -3.83. The van der Waals surface area contributed by atoms with Crippen molar-refractivity contribution in [3.8, 4) is 5.75 Å². The van der Waals surface area contributed by atoms with Gasteiger partial charge in [0.15, 0.2) is 11.2 Å². The van der Waals surface area contributed by atoms with Crippen LogP contribution in [0.4, 0.5) is 5.95 Å². The molecular weight excluding hydrogens is 487 g/mol. The highest BCUT2D eigenvalue weighted by Crippen LogP contribution is 2.39. The number of hydrogen-bond donors (Lipinski definition) is 4. The number of nitrogens with two attached hydrogens (primary N) is 1. The molecule has 3 heterocycles. The molecular formula is C23H23N6O6P. The summed E-state index contributed by atoms with van der Waals surface area (Å²) in [6, 6.07) is 13.4. The summed E-state index contributed by atoms with van der Waals surface area (Å²) in [5.74, 6) is 0.567. The summed E-state index contributed by atoms with van der Waals surface area (Å²) >= 11 is 0. The van der Waals surface area contributed by atoms with Crippen molar-refractivity contribution in [1.29, 1.82) is 0 Å². The van der Waals surface area contributed by atoms with Crippen molar-refractivity contribution in [2.75, 3.05) is 12.3 Å². The number of nitrogens with zero attached hydrogens (tertiary/aromatic N) is 3. The van der Waals surface area contributed by atoms with Crippen LogP contribution in [0.3, 0.4) is 0 Å². The van der Waals surface area contributed by atoms with E-state index in [-0.39, 0.29) is 30.1 Å². The van der Waals surface area contributed by atoms with Crippen LogP contribution >= 0.6 is 8.53 Å². The number of ether oxygens (including phenoxy) is 1. The summed E-state index contributed by atoms with van der Waals surface area (Å²) in [6.07, 6.45) is 3.14. The van der Waals surface area contributed by atoms with Crippen LogP contribution in [0.25, 0.3) is 21.9 Å². The number of hydrogen-bond acceptors (Lipinski definition) is 10. The van der Waals surface area contributed by atoms with E-state index in [0.29, 0.717) is 12.0 Å². The van der Waals surface area contributed by atoms with E-state index in [0.717, 1.165) is 10.8 Å². The van der Waals surface area contributed by atoms with Gasteiger partial charge < -0.3 is 29.4 Å². The summed E-state index contributed by atoms with van der Waals surface area (Å²) in [7, 11) is -1.71. The van der Waals surface area contributed by atoms with Crippen molar-refractivity contribution in [2.45, 2.75) is 24.9 Å². The maximum absolute atomic E-state index is 12.0. The zero-order chi connectivity index (χ0) is 25.1. The van der Waals surface area contributed by atoms with Crippen molar-refractivity contribution in [1.82, 2.24) is 24.6 Å². The highest BCUT2D eigenvalue weighted by molar-refractivity contribution is 7.45. The average molecular weight is 510 g/mol. The van der Waals surface area contributed by atoms with Crippen LogP contribution < -0.4 is 20.9 Å². The SMILES string of the molecule is Nc1nc2c(ncn2C2CC(O)C(C=COP(NCC=O)Oc3cccc4ccccc34)O2)c(=O)[nH]1. The Morgan fingerprint density at radius 3 is 3.00 bits per heavy atom.